The molecule has 1 aliphatic rings. The summed E-state index contributed by atoms with van der Waals surface area (Å²) in [5, 5.41) is 8.82. The molecular weight excluding hydrogens is 202 g/mol. The summed E-state index contributed by atoms with van der Waals surface area (Å²) in [6.45, 7) is 0. The van der Waals surface area contributed by atoms with Crippen LogP contribution in [0.3, 0.4) is 0 Å². The maximum absolute atomic E-state index is 10.7. The zero-order valence-corrected chi connectivity index (χ0v) is 9.28. The second-order valence-corrected chi connectivity index (χ2v) is 4.41. The highest BCUT2D eigenvalue weighted by Crippen LogP contribution is 2.25. The molecule has 1 aliphatic carbocycles. The van der Waals surface area contributed by atoms with E-state index < -0.39 is 12.0 Å². The van der Waals surface area contributed by atoms with Crippen LogP contribution in [0.25, 0.3) is 0 Å². The van der Waals surface area contributed by atoms with Crippen LogP contribution < -0.4 is 5.73 Å². The van der Waals surface area contributed by atoms with Crippen molar-refractivity contribution in [1.82, 2.24) is 0 Å². The lowest BCUT2D eigenvalue weighted by Crippen LogP contribution is -2.32. The van der Waals surface area contributed by atoms with E-state index in [-0.39, 0.29) is 0 Å². The van der Waals surface area contributed by atoms with Gasteiger partial charge in [-0.3, -0.25) is 4.79 Å². The van der Waals surface area contributed by atoms with Gasteiger partial charge in [0.2, 0.25) is 0 Å². The van der Waals surface area contributed by atoms with Gasteiger partial charge in [-0.15, -0.1) is 0 Å². The summed E-state index contributed by atoms with van der Waals surface area (Å²) < 4.78 is 0. The molecule has 1 atom stereocenters. The maximum Gasteiger partial charge on any atom is 0.320 e. The number of carboxylic acids is 1. The van der Waals surface area contributed by atoms with Gasteiger partial charge in [-0.25, -0.2) is 0 Å². The van der Waals surface area contributed by atoms with E-state index in [1.165, 1.54) is 24.0 Å². The summed E-state index contributed by atoms with van der Waals surface area (Å²) in [4.78, 5) is 10.7. The molecule has 1 aromatic rings. The van der Waals surface area contributed by atoms with Gasteiger partial charge in [-0.05, 0) is 48.8 Å². The number of fused-ring (bicyclic) bond motifs is 1. The van der Waals surface area contributed by atoms with E-state index in [0.29, 0.717) is 6.42 Å². The molecule has 0 spiro atoms. The van der Waals surface area contributed by atoms with Gasteiger partial charge in [-0.1, -0.05) is 18.2 Å². The Morgan fingerprint density at radius 1 is 1.38 bits per heavy atom. The molecule has 0 aromatic heterocycles. The van der Waals surface area contributed by atoms with Crippen LogP contribution in [0.15, 0.2) is 18.2 Å². The average molecular weight is 219 g/mol. The Morgan fingerprint density at radius 2 is 2.12 bits per heavy atom. The normalized spacial score (nSPS) is 16.6. The number of rotatable bonds is 3. The molecule has 0 fully saturated rings. The number of carbonyl (C=O) groups is 1. The number of aliphatic carboxylic acids is 1. The first-order valence-electron chi connectivity index (χ1n) is 5.76. The molecule has 2 rings (SSSR count). The molecule has 0 amide bonds. The average Bonchev–Trinajstić information content (AvgIpc) is 2.29. The van der Waals surface area contributed by atoms with E-state index in [1.54, 1.807) is 0 Å². The minimum absolute atomic E-state index is 0.443. The molecule has 0 saturated heterocycles. The molecule has 0 bridgehead atoms. The number of benzene rings is 1. The fourth-order valence-electron chi connectivity index (χ4n) is 2.38. The molecule has 0 saturated carbocycles. The summed E-state index contributed by atoms with van der Waals surface area (Å²) in [6, 6.07) is 5.37. The summed E-state index contributed by atoms with van der Waals surface area (Å²) >= 11 is 0. The number of hydrogen-bond acceptors (Lipinski definition) is 2. The molecule has 16 heavy (non-hydrogen) atoms. The van der Waals surface area contributed by atoms with Gasteiger partial charge in [0, 0.05) is 0 Å². The smallest absolute Gasteiger partial charge is 0.320 e. The molecule has 3 heteroatoms. The number of aryl methyl sites for hydroxylation is 1. The molecule has 3 nitrogen and oxygen atoms in total. The Hall–Kier alpha value is -1.35. The molecule has 0 aliphatic heterocycles. The van der Waals surface area contributed by atoms with Crippen LogP contribution in [0.4, 0.5) is 0 Å². The third kappa shape index (κ3) is 2.25. The van der Waals surface area contributed by atoms with Crippen LogP contribution in [-0.2, 0) is 24.1 Å². The Balaban J connectivity index is 2.24. The van der Waals surface area contributed by atoms with Crippen molar-refractivity contribution < 1.29 is 9.90 Å². The van der Waals surface area contributed by atoms with Crippen molar-refractivity contribution in [3.05, 3.63) is 34.9 Å². The van der Waals surface area contributed by atoms with Crippen LogP contribution in [0.5, 0.6) is 0 Å². The lowest BCUT2D eigenvalue weighted by Gasteiger charge is -2.20. The number of hydrogen-bond donors (Lipinski definition) is 2. The van der Waals surface area contributed by atoms with Gasteiger partial charge in [0.25, 0.3) is 0 Å². The maximum atomic E-state index is 10.7. The van der Waals surface area contributed by atoms with E-state index in [4.69, 9.17) is 10.8 Å². The van der Waals surface area contributed by atoms with E-state index in [0.717, 1.165) is 18.4 Å². The predicted octanol–water partition coefficient (Wildman–Crippen LogP) is 1.52. The van der Waals surface area contributed by atoms with Crippen molar-refractivity contribution in [1.29, 1.82) is 0 Å². The summed E-state index contributed by atoms with van der Waals surface area (Å²) in [5.74, 6) is -0.923. The lowest BCUT2D eigenvalue weighted by molar-refractivity contribution is -0.138. The zero-order valence-electron chi connectivity index (χ0n) is 9.28. The molecular formula is C13H17NO2. The third-order valence-electron chi connectivity index (χ3n) is 3.25. The fourth-order valence-corrected chi connectivity index (χ4v) is 2.38. The van der Waals surface area contributed by atoms with Gasteiger partial charge >= 0.3 is 5.97 Å². The molecule has 0 unspecified atom stereocenters. The Bertz CT molecular complexity index is 401. The van der Waals surface area contributed by atoms with Crippen LogP contribution in [0, 0.1) is 0 Å². The Labute approximate surface area is 95.3 Å². The highest BCUT2D eigenvalue weighted by molar-refractivity contribution is 5.73. The summed E-state index contributed by atoms with van der Waals surface area (Å²) in [5.41, 5.74) is 9.41. The van der Waals surface area contributed by atoms with E-state index >= 15 is 0 Å². The standard InChI is InChI=1S/C13H17NO2/c14-12(13(15)16)8-10-6-3-5-9-4-1-2-7-11(9)10/h3,5-6,12H,1-2,4,7-8,14H2,(H,15,16)/t12-/m1/s1. The van der Waals surface area contributed by atoms with Crippen molar-refractivity contribution in [2.24, 2.45) is 5.73 Å². The highest BCUT2D eigenvalue weighted by atomic mass is 16.4. The van der Waals surface area contributed by atoms with Crippen LogP contribution in [0.2, 0.25) is 0 Å². The topological polar surface area (TPSA) is 63.3 Å². The summed E-state index contributed by atoms with van der Waals surface area (Å²) in [7, 11) is 0. The quantitative estimate of drug-likeness (QED) is 0.810. The van der Waals surface area contributed by atoms with Crippen molar-refractivity contribution in [3.63, 3.8) is 0 Å². The zero-order chi connectivity index (χ0) is 11.5. The second kappa shape index (κ2) is 4.66. The SMILES string of the molecule is N[C@H](Cc1cccc2c1CCCC2)C(=O)O. The van der Waals surface area contributed by atoms with Crippen molar-refractivity contribution in [2.75, 3.05) is 0 Å². The van der Waals surface area contributed by atoms with Crippen molar-refractivity contribution >= 4 is 5.97 Å². The molecule has 86 valence electrons. The fraction of sp³-hybridized carbons (Fsp3) is 0.462. The first kappa shape index (κ1) is 11.1. The number of nitrogens with two attached hydrogens (primary N) is 1. The van der Waals surface area contributed by atoms with Gasteiger partial charge in [-0.2, -0.15) is 0 Å². The van der Waals surface area contributed by atoms with Gasteiger partial charge < -0.3 is 10.8 Å². The van der Waals surface area contributed by atoms with E-state index in [1.807, 2.05) is 12.1 Å². The predicted molar refractivity (Wildman–Crippen MR) is 62.4 cm³/mol. The molecule has 1 aromatic carbocycles. The Kier molecular flexibility index (Phi) is 3.25. The minimum atomic E-state index is -0.923. The largest absolute Gasteiger partial charge is 0.480 e. The molecule has 0 heterocycles. The van der Waals surface area contributed by atoms with Crippen LogP contribution >= 0.6 is 0 Å². The Morgan fingerprint density at radius 3 is 2.88 bits per heavy atom. The highest BCUT2D eigenvalue weighted by Gasteiger charge is 2.17. The van der Waals surface area contributed by atoms with Crippen LogP contribution in [0.1, 0.15) is 29.5 Å². The molecule has 3 N–H and O–H groups in total. The monoisotopic (exact) mass is 219 g/mol. The number of carboxylic acid groups (broad SMARTS) is 1. The van der Waals surface area contributed by atoms with Gasteiger partial charge in [0.15, 0.2) is 0 Å². The van der Waals surface area contributed by atoms with Crippen molar-refractivity contribution in [3.8, 4) is 0 Å². The van der Waals surface area contributed by atoms with Gasteiger partial charge in [0.1, 0.15) is 6.04 Å². The van der Waals surface area contributed by atoms with E-state index in [9.17, 15) is 4.79 Å². The van der Waals surface area contributed by atoms with Gasteiger partial charge in [0.05, 0.1) is 0 Å². The van der Waals surface area contributed by atoms with Crippen molar-refractivity contribution in [2.45, 2.75) is 38.1 Å². The first-order valence-corrected chi connectivity index (χ1v) is 5.76. The molecule has 0 radical (unpaired) electrons. The first-order chi connectivity index (χ1) is 7.68. The second-order valence-electron chi connectivity index (χ2n) is 4.41. The lowest BCUT2D eigenvalue weighted by atomic mass is 9.86. The summed E-state index contributed by atoms with van der Waals surface area (Å²) in [6.07, 6.45) is 5.07. The van der Waals surface area contributed by atoms with E-state index in [2.05, 4.69) is 6.07 Å². The minimum Gasteiger partial charge on any atom is -0.480 e. The van der Waals surface area contributed by atoms with Crippen LogP contribution in [-0.4, -0.2) is 17.1 Å². The third-order valence-corrected chi connectivity index (χ3v) is 3.25.